The number of carbonyl (C=O) groups is 1. The van der Waals surface area contributed by atoms with Gasteiger partial charge in [0.05, 0.1) is 18.1 Å². The van der Waals surface area contributed by atoms with E-state index in [1.165, 1.54) is 5.56 Å². The molecule has 2 aromatic heterocycles. The molecule has 0 spiro atoms. The highest BCUT2D eigenvalue weighted by atomic mass is 35.5. The quantitative estimate of drug-likeness (QED) is 0.291. The topological polar surface area (TPSA) is 98.3 Å². The van der Waals surface area contributed by atoms with Crippen molar-refractivity contribution in [3.63, 3.8) is 0 Å². The van der Waals surface area contributed by atoms with E-state index in [0.717, 1.165) is 60.7 Å². The molecule has 2 amide bonds. The third-order valence-corrected chi connectivity index (χ3v) is 7.73. The molecule has 1 fully saturated rings. The van der Waals surface area contributed by atoms with Gasteiger partial charge < -0.3 is 20.9 Å². The molecule has 2 aromatic carbocycles. The summed E-state index contributed by atoms with van der Waals surface area (Å²) in [5, 5.41) is 10.1. The fourth-order valence-corrected chi connectivity index (χ4v) is 5.37. The van der Waals surface area contributed by atoms with E-state index in [4.69, 9.17) is 11.6 Å². The number of nitrogens with one attached hydrogen (secondary N) is 3. The highest BCUT2D eigenvalue weighted by molar-refractivity contribution is 6.32. The largest absolute Gasteiger partial charge is 0.339 e. The minimum absolute atomic E-state index is 0.109. The Morgan fingerprint density at radius 1 is 1.07 bits per heavy atom. The molecule has 40 heavy (non-hydrogen) atoms. The van der Waals surface area contributed by atoms with E-state index < -0.39 is 0 Å². The van der Waals surface area contributed by atoms with Crippen LogP contribution in [0, 0.1) is 0 Å². The SMILES string of the molecule is CN(C(=O)Nc1ccc2cc1CCc1cncc(c1)Nc1ncc(Cl)c(n1)N2)C1CCN(Cc2ccccc2)C1. The number of hydrogen-bond acceptors (Lipinski definition) is 7. The highest BCUT2D eigenvalue weighted by Crippen LogP contribution is 2.29. The fraction of sp³-hybridized carbons (Fsp3) is 0.267. The first kappa shape index (κ1) is 26.0. The Bertz CT molecular complexity index is 1520. The van der Waals surface area contributed by atoms with Crippen LogP contribution in [0.5, 0.6) is 0 Å². The highest BCUT2D eigenvalue weighted by Gasteiger charge is 2.28. The summed E-state index contributed by atoms with van der Waals surface area (Å²) >= 11 is 6.39. The van der Waals surface area contributed by atoms with Crippen molar-refractivity contribution in [1.82, 2.24) is 24.8 Å². The van der Waals surface area contributed by atoms with Crippen LogP contribution in [0.4, 0.5) is 33.6 Å². The predicted octanol–water partition coefficient (Wildman–Crippen LogP) is 5.85. The molecular formula is C30H31ClN8O. The first-order valence-corrected chi connectivity index (χ1v) is 13.8. The maximum absolute atomic E-state index is 13.4. The number of likely N-dealkylation sites (N-methyl/N-ethyl adjacent to an activating group) is 1. The summed E-state index contributed by atoms with van der Waals surface area (Å²) in [5.41, 5.74) is 5.77. The van der Waals surface area contributed by atoms with Crippen LogP contribution >= 0.6 is 11.6 Å². The van der Waals surface area contributed by atoms with Gasteiger partial charge in [0.1, 0.15) is 5.02 Å². The Morgan fingerprint density at radius 3 is 2.83 bits per heavy atom. The Morgan fingerprint density at radius 2 is 1.95 bits per heavy atom. The van der Waals surface area contributed by atoms with Gasteiger partial charge in [0.25, 0.3) is 0 Å². The maximum atomic E-state index is 13.4. The Labute approximate surface area is 238 Å². The molecule has 6 rings (SSSR count). The number of aromatic nitrogens is 3. The molecule has 2 aliphatic heterocycles. The zero-order valence-corrected chi connectivity index (χ0v) is 23.0. The molecule has 1 unspecified atom stereocenters. The monoisotopic (exact) mass is 554 g/mol. The lowest BCUT2D eigenvalue weighted by atomic mass is 10.0. The van der Waals surface area contributed by atoms with Gasteiger partial charge in [-0.2, -0.15) is 4.98 Å². The third-order valence-electron chi connectivity index (χ3n) is 7.45. The number of rotatable bonds is 4. The summed E-state index contributed by atoms with van der Waals surface area (Å²) in [6.45, 7) is 2.72. The van der Waals surface area contributed by atoms with Gasteiger partial charge in [-0.25, -0.2) is 9.78 Å². The zero-order chi connectivity index (χ0) is 27.5. The maximum Gasteiger partial charge on any atom is 0.321 e. The van der Waals surface area contributed by atoms with E-state index in [1.807, 2.05) is 48.5 Å². The Balaban J connectivity index is 1.20. The number of nitrogens with zero attached hydrogens (tertiary/aromatic N) is 5. The van der Waals surface area contributed by atoms with Gasteiger partial charge in [0, 0.05) is 50.3 Å². The van der Waals surface area contributed by atoms with E-state index in [0.29, 0.717) is 23.2 Å². The number of aryl methyl sites for hydroxylation is 2. The second kappa shape index (κ2) is 11.5. The lowest BCUT2D eigenvalue weighted by Crippen LogP contribution is -2.41. The fourth-order valence-electron chi connectivity index (χ4n) is 5.24. The molecule has 10 heteroatoms. The molecule has 0 aliphatic carbocycles. The van der Waals surface area contributed by atoms with Crippen molar-refractivity contribution in [2.45, 2.75) is 31.8 Å². The van der Waals surface area contributed by atoms with E-state index in [9.17, 15) is 4.79 Å². The minimum atomic E-state index is -0.109. The number of pyridine rings is 1. The molecule has 6 bridgehead atoms. The van der Waals surface area contributed by atoms with Crippen LogP contribution in [0.2, 0.25) is 5.02 Å². The summed E-state index contributed by atoms with van der Waals surface area (Å²) in [6.07, 6.45) is 7.57. The molecule has 4 aromatic rings. The van der Waals surface area contributed by atoms with Crippen LogP contribution in [0.1, 0.15) is 23.1 Å². The van der Waals surface area contributed by atoms with Crippen LogP contribution in [0.25, 0.3) is 0 Å². The number of amides is 2. The number of fused-ring (bicyclic) bond motifs is 6. The predicted molar refractivity (Wildman–Crippen MR) is 159 cm³/mol. The van der Waals surface area contributed by atoms with Gasteiger partial charge in [-0.05, 0) is 60.2 Å². The summed E-state index contributed by atoms with van der Waals surface area (Å²) in [4.78, 5) is 30.8. The lowest BCUT2D eigenvalue weighted by molar-refractivity contribution is 0.201. The van der Waals surface area contributed by atoms with Gasteiger partial charge in [-0.15, -0.1) is 0 Å². The van der Waals surface area contributed by atoms with Crippen molar-refractivity contribution in [2.24, 2.45) is 0 Å². The lowest BCUT2D eigenvalue weighted by Gasteiger charge is -2.26. The number of halogens is 1. The van der Waals surface area contributed by atoms with Crippen molar-refractivity contribution >= 4 is 46.5 Å². The molecule has 0 saturated carbocycles. The third kappa shape index (κ3) is 6.00. The molecule has 3 N–H and O–H groups in total. The van der Waals surface area contributed by atoms with E-state index >= 15 is 0 Å². The average molecular weight is 555 g/mol. The molecule has 1 saturated heterocycles. The molecule has 4 heterocycles. The zero-order valence-electron chi connectivity index (χ0n) is 22.3. The number of likely N-dealkylation sites (tertiary alicyclic amines) is 1. The summed E-state index contributed by atoms with van der Waals surface area (Å²) in [7, 11) is 1.88. The number of urea groups is 1. The summed E-state index contributed by atoms with van der Waals surface area (Å²) < 4.78 is 0. The van der Waals surface area contributed by atoms with Crippen molar-refractivity contribution in [3.05, 3.63) is 94.9 Å². The first-order chi connectivity index (χ1) is 19.5. The van der Waals surface area contributed by atoms with Gasteiger partial charge in [-0.1, -0.05) is 41.9 Å². The van der Waals surface area contributed by atoms with Crippen molar-refractivity contribution in [2.75, 3.05) is 36.1 Å². The number of anilines is 5. The summed E-state index contributed by atoms with van der Waals surface area (Å²) in [6, 6.07) is 18.4. The molecular weight excluding hydrogens is 524 g/mol. The molecule has 1 atom stereocenters. The van der Waals surface area contributed by atoms with Crippen LogP contribution in [0.3, 0.4) is 0 Å². The number of hydrogen-bond donors (Lipinski definition) is 3. The molecule has 204 valence electrons. The molecule has 0 radical (unpaired) electrons. The van der Waals surface area contributed by atoms with Crippen LogP contribution in [0.15, 0.2) is 73.2 Å². The van der Waals surface area contributed by atoms with Crippen molar-refractivity contribution in [1.29, 1.82) is 0 Å². The van der Waals surface area contributed by atoms with Crippen LogP contribution < -0.4 is 16.0 Å². The first-order valence-electron chi connectivity index (χ1n) is 13.4. The van der Waals surface area contributed by atoms with E-state index in [-0.39, 0.29) is 12.1 Å². The van der Waals surface area contributed by atoms with Crippen molar-refractivity contribution < 1.29 is 4.79 Å². The van der Waals surface area contributed by atoms with Gasteiger partial charge in [-0.3, -0.25) is 9.88 Å². The van der Waals surface area contributed by atoms with Crippen LogP contribution in [-0.2, 0) is 19.4 Å². The van der Waals surface area contributed by atoms with Crippen molar-refractivity contribution in [3.8, 4) is 0 Å². The van der Waals surface area contributed by atoms with Gasteiger partial charge in [0.15, 0.2) is 5.82 Å². The van der Waals surface area contributed by atoms with Crippen LogP contribution in [-0.4, -0.2) is 57.0 Å². The molecule has 2 aliphatic rings. The number of benzene rings is 2. The molecule has 9 nitrogen and oxygen atoms in total. The Hall–Kier alpha value is -4.21. The summed E-state index contributed by atoms with van der Waals surface area (Å²) in [5.74, 6) is 0.915. The Kier molecular flexibility index (Phi) is 7.48. The smallest absolute Gasteiger partial charge is 0.321 e. The normalized spacial score (nSPS) is 16.5. The average Bonchev–Trinajstić information content (AvgIpc) is 3.43. The number of carbonyl (C=O) groups excluding carboxylic acids is 1. The van der Waals surface area contributed by atoms with Gasteiger partial charge >= 0.3 is 6.03 Å². The van der Waals surface area contributed by atoms with E-state index in [2.05, 4.69) is 60.1 Å². The second-order valence-electron chi connectivity index (χ2n) is 10.3. The minimum Gasteiger partial charge on any atom is -0.339 e. The van der Waals surface area contributed by atoms with Gasteiger partial charge in [0.2, 0.25) is 5.95 Å². The standard InChI is InChI=1S/C30H31ClN8O/c1-38(25-11-12-39(19-25)18-20-5-3-2-4-6-20)30(40)36-27-10-9-23-14-22(27)8-7-21-13-24(16-32-15-21)35-29-33-17-26(31)28(34-23)37-29/h2-6,9-10,13-17,25H,7-8,11-12,18-19H2,1H3,(H,36,40)(H2,33,34,35,37). The second-order valence-corrected chi connectivity index (χ2v) is 10.7. The van der Waals surface area contributed by atoms with E-state index in [1.54, 1.807) is 12.4 Å².